The Bertz CT molecular complexity index is 867. The van der Waals surface area contributed by atoms with E-state index in [0.29, 0.717) is 6.04 Å². The van der Waals surface area contributed by atoms with Gasteiger partial charge in [-0.1, -0.05) is 37.5 Å². The second-order valence-electron chi connectivity index (χ2n) is 6.44. The van der Waals surface area contributed by atoms with Gasteiger partial charge in [-0.05, 0) is 43.5 Å². The Labute approximate surface area is 146 Å². The van der Waals surface area contributed by atoms with Crippen LogP contribution in [-0.2, 0) is 0 Å². The molecule has 0 bridgehead atoms. The van der Waals surface area contributed by atoms with E-state index in [1.165, 1.54) is 37.7 Å². The summed E-state index contributed by atoms with van der Waals surface area (Å²) in [4.78, 5) is 6.06. The van der Waals surface area contributed by atoms with Gasteiger partial charge in [-0.2, -0.15) is 0 Å². The lowest BCUT2D eigenvalue weighted by Crippen LogP contribution is -2.23. The van der Waals surface area contributed by atoms with Gasteiger partial charge in [0.15, 0.2) is 10.6 Å². The van der Waals surface area contributed by atoms with Gasteiger partial charge in [-0.3, -0.25) is 0 Å². The molecular weight excluding hydrogens is 316 g/mol. The standard InChI is InChI=1S/C20H22N2OS/c1-15-8-5-6-11-17(15)21-20-22(16-9-3-2-4-10-16)18(14-24-20)19-12-7-13-23-19/h5-8,11-14,16H,2-4,9-10H2,1H3. The minimum Gasteiger partial charge on any atom is -0.463 e. The number of aromatic nitrogens is 1. The normalized spacial score (nSPS) is 16.6. The molecule has 0 saturated heterocycles. The number of aryl methyl sites for hydroxylation is 1. The molecule has 3 aromatic rings. The summed E-state index contributed by atoms with van der Waals surface area (Å²) >= 11 is 1.71. The Kier molecular flexibility index (Phi) is 4.39. The van der Waals surface area contributed by atoms with Crippen LogP contribution in [0.2, 0.25) is 0 Å². The van der Waals surface area contributed by atoms with Crippen molar-refractivity contribution in [3.8, 4) is 11.5 Å². The van der Waals surface area contributed by atoms with Crippen LogP contribution in [0.25, 0.3) is 11.5 Å². The Hall–Kier alpha value is -2.07. The van der Waals surface area contributed by atoms with Crippen LogP contribution in [0.3, 0.4) is 0 Å². The summed E-state index contributed by atoms with van der Waals surface area (Å²) in [6.07, 6.45) is 8.15. The van der Waals surface area contributed by atoms with Crippen molar-refractivity contribution >= 4 is 17.0 Å². The van der Waals surface area contributed by atoms with Gasteiger partial charge >= 0.3 is 0 Å². The minimum absolute atomic E-state index is 0.521. The number of nitrogens with zero attached hydrogens (tertiary/aromatic N) is 2. The van der Waals surface area contributed by atoms with E-state index in [2.05, 4.69) is 41.1 Å². The Morgan fingerprint density at radius 1 is 1.08 bits per heavy atom. The molecule has 3 nitrogen and oxygen atoms in total. The van der Waals surface area contributed by atoms with E-state index in [-0.39, 0.29) is 0 Å². The monoisotopic (exact) mass is 338 g/mol. The number of rotatable bonds is 3. The van der Waals surface area contributed by atoms with E-state index in [4.69, 9.17) is 9.41 Å². The highest BCUT2D eigenvalue weighted by Crippen LogP contribution is 2.32. The molecule has 124 valence electrons. The van der Waals surface area contributed by atoms with Crippen LogP contribution in [0, 0.1) is 6.92 Å². The number of furan rings is 1. The molecular formula is C20H22N2OS. The van der Waals surface area contributed by atoms with Crippen LogP contribution in [0.5, 0.6) is 0 Å². The molecule has 2 aromatic heterocycles. The molecule has 0 N–H and O–H groups in total. The molecule has 1 aliphatic carbocycles. The molecule has 0 amide bonds. The zero-order valence-corrected chi connectivity index (χ0v) is 14.8. The molecule has 0 spiro atoms. The smallest absolute Gasteiger partial charge is 0.190 e. The minimum atomic E-state index is 0.521. The predicted molar refractivity (Wildman–Crippen MR) is 98.5 cm³/mol. The number of para-hydroxylation sites is 1. The summed E-state index contributed by atoms with van der Waals surface area (Å²) in [6.45, 7) is 2.12. The van der Waals surface area contributed by atoms with Gasteiger partial charge in [-0.15, -0.1) is 11.3 Å². The van der Waals surface area contributed by atoms with Crippen molar-refractivity contribution in [2.75, 3.05) is 0 Å². The van der Waals surface area contributed by atoms with Crippen LogP contribution in [0.4, 0.5) is 5.69 Å². The highest BCUT2D eigenvalue weighted by Gasteiger charge is 2.21. The van der Waals surface area contributed by atoms with Crippen molar-refractivity contribution in [2.24, 2.45) is 4.99 Å². The van der Waals surface area contributed by atoms with E-state index >= 15 is 0 Å². The van der Waals surface area contributed by atoms with Crippen molar-refractivity contribution in [3.63, 3.8) is 0 Å². The third kappa shape index (κ3) is 2.98. The first-order valence-corrected chi connectivity index (χ1v) is 9.55. The topological polar surface area (TPSA) is 30.4 Å². The Morgan fingerprint density at radius 2 is 1.92 bits per heavy atom. The quantitative estimate of drug-likeness (QED) is 0.588. The molecule has 24 heavy (non-hydrogen) atoms. The van der Waals surface area contributed by atoms with Crippen molar-refractivity contribution in [1.29, 1.82) is 0 Å². The number of benzene rings is 1. The fourth-order valence-electron chi connectivity index (χ4n) is 3.49. The van der Waals surface area contributed by atoms with Crippen LogP contribution >= 0.6 is 11.3 Å². The van der Waals surface area contributed by atoms with Crippen LogP contribution < -0.4 is 4.80 Å². The second-order valence-corrected chi connectivity index (χ2v) is 7.28. The average molecular weight is 338 g/mol. The lowest BCUT2D eigenvalue weighted by atomic mass is 9.95. The Morgan fingerprint density at radius 3 is 2.67 bits per heavy atom. The summed E-state index contributed by atoms with van der Waals surface area (Å²) in [6, 6.07) is 12.8. The molecule has 1 saturated carbocycles. The van der Waals surface area contributed by atoms with Crippen molar-refractivity contribution in [1.82, 2.24) is 4.57 Å². The summed E-state index contributed by atoms with van der Waals surface area (Å²) in [7, 11) is 0. The van der Waals surface area contributed by atoms with Crippen LogP contribution in [0.15, 0.2) is 57.5 Å². The maximum Gasteiger partial charge on any atom is 0.190 e. The lowest BCUT2D eigenvalue weighted by Gasteiger charge is -2.24. The first-order chi connectivity index (χ1) is 11.8. The molecule has 1 aromatic carbocycles. The fourth-order valence-corrected chi connectivity index (χ4v) is 4.45. The van der Waals surface area contributed by atoms with Crippen LogP contribution in [0.1, 0.15) is 43.7 Å². The molecule has 2 heterocycles. The largest absolute Gasteiger partial charge is 0.463 e. The van der Waals surface area contributed by atoms with Gasteiger partial charge in [-0.25, -0.2) is 4.99 Å². The zero-order valence-electron chi connectivity index (χ0n) is 13.9. The SMILES string of the molecule is Cc1ccccc1N=c1scc(-c2ccco2)n1C1CCCCC1. The predicted octanol–water partition coefficient (Wildman–Crippen LogP) is 5.86. The maximum absolute atomic E-state index is 5.68. The summed E-state index contributed by atoms with van der Waals surface area (Å²) < 4.78 is 8.09. The molecule has 1 aliphatic rings. The number of hydrogen-bond acceptors (Lipinski definition) is 3. The lowest BCUT2D eigenvalue weighted by molar-refractivity contribution is 0.349. The fraction of sp³-hybridized carbons (Fsp3) is 0.350. The van der Waals surface area contributed by atoms with Crippen LogP contribution in [-0.4, -0.2) is 4.57 Å². The first-order valence-electron chi connectivity index (χ1n) is 8.67. The zero-order chi connectivity index (χ0) is 16.4. The Balaban J connectivity index is 1.86. The molecule has 4 rings (SSSR count). The van der Waals surface area contributed by atoms with Gasteiger partial charge < -0.3 is 8.98 Å². The number of thiazole rings is 1. The molecule has 0 atom stereocenters. The third-order valence-corrected chi connectivity index (χ3v) is 5.63. The summed E-state index contributed by atoms with van der Waals surface area (Å²) in [5, 5.41) is 2.19. The van der Waals surface area contributed by atoms with Gasteiger partial charge in [0, 0.05) is 11.4 Å². The highest BCUT2D eigenvalue weighted by atomic mass is 32.1. The van der Waals surface area contributed by atoms with Gasteiger partial charge in [0.05, 0.1) is 17.6 Å². The average Bonchev–Trinajstić information content (AvgIpc) is 3.27. The maximum atomic E-state index is 5.68. The first kappa shape index (κ1) is 15.5. The van der Waals surface area contributed by atoms with E-state index < -0.39 is 0 Å². The van der Waals surface area contributed by atoms with Gasteiger partial charge in [0.25, 0.3) is 0 Å². The molecule has 4 heteroatoms. The van der Waals surface area contributed by atoms with Crippen molar-refractivity contribution in [3.05, 3.63) is 58.4 Å². The van der Waals surface area contributed by atoms with E-state index in [1.807, 2.05) is 12.1 Å². The summed E-state index contributed by atoms with van der Waals surface area (Å²) in [5.41, 5.74) is 3.42. The van der Waals surface area contributed by atoms with E-state index in [9.17, 15) is 0 Å². The highest BCUT2D eigenvalue weighted by molar-refractivity contribution is 7.07. The molecule has 0 unspecified atom stereocenters. The number of hydrogen-bond donors (Lipinski definition) is 0. The van der Waals surface area contributed by atoms with Gasteiger partial charge in [0.1, 0.15) is 0 Å². The molecule has 0 radical (unpaired) electrons. The van der Waals surface area contributed by atoms with E-state index in [1.54, 1.807) is 17.6 Å². The third-order valence-electron chi connectivity index (χ3n) is 4.79. The van der Waals surface area contributed by atoms with Crippen molar-refractivity contribution in [2.45, 2.75) is 45.1 Å². The molecule has 0 aliphatic heterocycles. The van der Waals surface area contributed by atoms with Crippen molar-refractivity contribution < 1.29 is 4.42 Å². The molecule has 1 fully saturated rings. The van der Waals surface area contributed by atoms with Gasteiger partial charge in [0.2, 0.25) is 0 Å². The summed E-state index contributed by atoms with van der Waals surface area (Å²) in [5.74, 6) is 0.933. The second kappa shape index (κ2) is 6.81. The van der Waals surface area contributed by atoms with E-state index in [0.717, 1.165) is 21.9 Å².